The first-order chi connectivity index (χ1) is 9.74. The molecule has 2 aromatic rings. The van der Waals surface area contributed by atoms with Gasteiger partial charge >= 0.3 is 5.97 Å². The Bertz CT molecular complexity index is 613. The molecule has 20 heavy (non-hydrogen) atoms. The molecular weight excluding hydrogens is 254 g/mol. The van der Waals surface area contributed by atoms with Crippen LogP contribution in [0.5, 0.6) is 0 Å². The molecule has 0 bridgehead atoms. The zero-order valence-corrected chi connectivity index (χ0v) is 11.4. The normalized spacial score (nSPS) is 17.8. The lowest BCUT2D eigenvalue weighted by atomic mass is 9.91. The van der Waals surface area contributed by atoms with Gasteiger partial charge in [-0.3, -0.25) is 0 Å². The molecule has 1 fully saturated rings. The van der Waals surface area contributed by atoms with E-state index in [0.717, 1.165) is 24.2 Å². The van der Waals surface area contributed by atoms with E-state index in [0.29, 0.717) is 11.6 Å². The molecule has 1 saturated carbocycles. The number of aromatic nitrogens is 3. The molecule has 2 aromatic heterocycles. The molecular formula is C15H19N3O2. The summed E-state index contributed by atoms with van der Waals surface area (Å²) in [5, 5.41) is 8.99. The van der Waals surface area contributed by atoms with Crippen molar-refractivity contribution in [1.29, 1.82) is 0 Å². The second-order valence-electron chi connectivity index (χ2n) is 5.56. The molecule has 0 unspecified atom stereocenters. The van der Waals surface area contributed by atoms with Gasteiger partial charge in [-0.05, 0) is 18.9 Å². The maximum Gasteiger partial charge on any atom is 0.337 e. The Kier molecular flexibility index (Phi) is 3.67. The standard InChI is InChI=1S/C15H19N3O2/c19-15(20)11-8-12-14(16-9-11)18-13(17-12)10-6-4-2-1-3-5-7-10/h8-10H,1-7H2,(H,19,20)(H,16,17,18). The highest BCUT2D eigenvalue weighted by molar-refractivity contribution is 5.90. The summed E-state index contributed by atoms with van der Waals surface area (Å²) in [6.45, 7) is 0. The number of aromatic carboxylic acids is 1. The predicted molar refractivity (Wildman–Crippen MR) is 75.9 cm³/mol. The molecule has 0 radical (unpaired) electrons. The van der Waals surface area contributed by atoms with Gasteiger partial charge in [-0.15, -0.1) is 0 Å². The molecule has 2 heterocycles. The third-order valence-corrected chi connectivity index (χ3v) is 4.09. The largest absolute Gasteiger partial charge is 0.478 e. The van der Waals surface area contributed by atoms with Crippen LogP contribution in [-0.2, 0) is 0 Å². The molecule has 0 saturated heterocycles. The average Bonchev–Trinajstić information content (AvgIpc) is 2.80. The van der Waals surface area contributed by atoms with E-state index in [9.17, 15) is 4.79 Å². The van der Waals surface area contributed by atoms with Crippen LogP contribution >= 0.6 is 0 Å². The van der Waals surface area contributed by atoms with Gasteiger partial charge in [0.25, 0.3) is 0 Å². The van der Waals surface area contributed by atoms with Crippen molar-refractivity contribution in [3.05, 3.63) is 23.7 Å². The van der Waals surface area contributed by atoms with Gasteiger partial charge in [-0.2, -0.15) is 0 Å². The van der Waals surface area contributed by atoms with Crippen molar-refractivity contribution in [1.82, 2.24) is 15.0 Å². The van der Waals surface area contributed by atoms with Crippen molar-refractivity contribution in [3.63, 3.8) is 0 Å². The highest BCUT2D eigenvalue weighted by Crippen LogP contribution is 2.30. The fourth-order valence-corrected chi connectivity index (χ4v) is 2.96. The number of nitrogens with zero attached hydrogens (tertiary/aromatic N) is 2. The number of hydrogen-bond acceptors (Lipinski definition) is 3. The first-order valence-electron chi connectivity index (χ1n) is 7.33. The van der Waals surface area contributed by atoms with E-state index in [1.165, 1.54) is 38.3 Å². The van der Waals surface area contributed by atoms with E-state index in [2.05, 4.69) is 15.0 Å². The molecule has 1 aliphatic rings. The summed E-state index contributed by atoms with van der Waals surface area (Å²) in [7, 11) is 0. The zero-order valence-electron chi connectivity index (χ0n) is 11.4. The molecule has 106 valence electrons. The second-order valence-corrected chi connectivity index (χ2v) is 5.56. The molecule has 2 N–H and O–H groups in total. The Morgan fingerprint density at radius 1 is 1.20 bits per heavy atom. The minimum absolute atomic E-state index is 0.199. The van der Waals surface area contributed by atoms with Crippen LogP contribution in [0.4, 0.5) is 0 Å². The maximum absolute atomic E-state index is 11.0. The number of aromatic amines is 1. The Balaban J connectivity index is 1.89. The highest BCUT2D eigenvalue weighted by Gasteiger charge is 2.18. The molecule has 5 nitrogen and oxygen atoms in total. The lowest BCUT2D eigenvalue weighted by molar-refractivity contribution is 0.0696. The number of rotatable bonds is 2. The smallest absolute Gasteiger partial charge is 0.337 e. The van der Waals surface area contributed by atoms with Crippen molar-refractivity contribution in [2.75, 3.05) is 0 Å². The third-order valence-electron chi connectivity index (χ3n) is 4.09. The Morgan fingerprint density at radius 3 is 2.60 bits per heavy atom. The minimum atomic E-state index is -0.957. The van der Waals surface area contributed by atoms with Crippen LogP contribution in [0.15, 0.2) is 12.3 Å². The molecule has 0 aromatic carbocycles. The molecule has 3 rings (SSSR count). The van der Waals surface area contributed by atoms with Crippen LogP contribution in [0.25, 0.3) is 11.2 Å². The van der Waals surface area contributed by atoms with Crippen LogP contribution in [0.3, 0.4) is 0 Å². The fraction of sp³-hybridized carbons (Fsp3) is 0.533. The fourth-order valence-electron chi connectivity index (χ4n) is 2.96. The molecule has 0 amide bonds. The molecule has 1 aliphatic carbocycles. The summed E-state index contributed by atoms with van der Waals surface area (Å²) in [6, 6.07) is 1.62. The van der Waals surface area contributed by atoms with Gasteiger partial charge in [0.2, 0.25) is 0 Å². The summed E-state index contributed by atoms with van der Waals surface area (Å²) in [5.74, 6) is 0.469. The number of pyridine rings is 1. The summed E-state index contributed by atoms with van der Waals surface area (Å²) in [6.07, 6.45) is 10.1. The monoisotopic (exact) mass is 273 g/mol. The maximum atomic E-state index is 11.0. The van der Waals surface area contributed by atoms with Gasteiger partial charge in [0.15, 0.2) is 5.65 Å². The van der Waals surface area contributed by atoms with Gasteiger partial charge in [-0.1, -0.05) is 32.1 Å². The molecule has 5 heteroatoms. The van der Waals surface area contributed by atoms with E-state index in [1.807, 2.05) is 0 Å². The van der Waals surface area contributed by atoms with E-state index in [4.69, 9.17) is 5.11 Å². The van der Waals surface area contributed by atoms with Gasteiger partial charge in [0.05, 0.1) is 11.1 Å². The Labute approximate surface area is 117 Å². The van der Waals surface area contributed by atoms with Crippen molar-refractivity contribution >= 4 is 17.1 Å². The van der Waals surface area contributed by atoms with Gasteiger partial charge in [-0.25, -0.2) is 14.8 Å². The zero-order chi connectivity index (χ0) is 13.9. The van der Waals surface area contributed by atoms with E-state index < -0.39 is 5.97 Å². The van der Waals surface area contributed by atoms with Gasteiger partial charge in [0.1, 0.15) is 5.82 Å². The summed E-state index contributed by atoms with van der Waals surface area (Å²) in [4.78, 5) is 22.9. The average molecular weight is 273 g/mol. The van der Waals surface area contributed by atoms with Crippen LogP contribution in [0.2, 0.25) is 0 Å². The molecule has 0 spiro atoms. The van der Waals surface area contributed by atoms with Crippen LogP contribution < -0.4 is 0 Å². The third kappa shape index (κ3) is 2.66. The van der Waals surface area contributed by atoms with Crippen molar-refractivity contribution in [3.8, 4) is 0 Å². The topological polar surface area (TPSA) is 78.9 Å². The van der Waals surface area contributed by atoms with Crippen LogP contribution in [-0.4, -0.2) is 26.0 Å². The van der Waals surface area contributed by atoms with Crippen molar-refractivity contribution in [2.45, 2.75) is 50.9 Å². The SMILES string of the molecule is O=C(O)c1cnc2nc(C3CCCCCCC3)[nH]c2c1. The quantitative estimate of drug-likeness (QED) is 0.878. The van der Waals surface area contributed by atoms with E-state index >= 15 is 0 Å². The lowest BCUT2D eigenvalue weighted by Gasteiger charge is -2.17. The predicted octanol–water partition coefficient (Wildman–Crippen LogP) is 3.48. The lowest BCUT2D eigenvalue weighted by Crippen LogP contribution is -2.04. The van der Waals surface area contributed by atoms with Crippen LogP contribution in [0, 0.1) is 0 Å². The first-order valence-corrected chi connectivity index (χ1v) is 7.33. The number of nitrogens with one attached hydrogen (secondary N) is 1. The Hall–Kier alpha value is -1.91. The summed E-state index contributed by atoms with van der Waals surface area (Å²) in [5.41, 5.74) is 1.54. The number of carboxylic acid groups (broad SMARTS) is 1. The number of imidazole rings is 1. The van der Waals surface area contributed by atoms with Crippen LogP contribution in [0.1, 0.15) is 67.0 Å². The Morgan fingerprint density at radius 2 is 1.90 bits per heavy atom. The number of carboxylic acids is 1. The number of carbonyl (C=O) groups is 1. The molecule has 0 aliphatic heterocycles. The van der Waals surface area contributed by atoms with Gasteiger partial charge < -0.3 is 10.1 Å². The van der Waals surface area contributed by atoms with Crippen molar-refractivity contribution < 1.29 is 9.90 Å². The molecule has 0 atom stereocenters. The first kappa shape index (κ1) is 13.1. The van der Waals surface area contributed by atoms with E-state index in [-0.39, 0.29) is 5.56 Å². The summed E-state index contributed by atoms with van der Waals surface area (Å²) < 4.78 is 0. The highest BCUT2D eigenvalue weighted by atomic mass is 16.4. The number of H-pyrrole nitrogens is 1. The van der Waals surface area contributed by atoms with E-state index in [1.54, 1.807) is 6.07 Å². The number of fused-ring (bicyclic) bond motifs is 1. The second kappa shape index (κ2) is 5.61. The van der Waals surface area contributed by atoms with Gasteiger partial charge in [0, 0.05) is 12.1 Å². The minimum Gasteiger partial charge on any atom is -0.478 e. The van der Waals surface area contributed by atoms with Crippen molar-refractivity contribution in [2.24, 2.45) is 0 Å². The number of hydrogen-bond donors (Lipinski definition) is 2. The summed E-state index contributed by atoms with van der Waals surface area (Å²) >= 11 is 0.